The van der Waals surface area contributed by atoms with Crippen LogP contribution in [0.1, 0.15) is 18.3 Å². The molecule has 2 aromatic heterocycles. The van der Waals surface area contributed by atoms with Crippen LogP contribution in [-0.2, 0) is 20.0 Å². The number of halogens is 2. The lowest BCUT2D eigenvalue weighted by atomic mass is 10.3. The highest BCUT2D eigenvalue weighted by atomic mass is 127. The van der Waals surface area contributed by atoms with Crippen molar-refractivity contribution in [2.45, 2.75) is 19.9 Å². The fraction of sp³-hybridized carbons (Fsp3) is 0.364. The first kappa shape index (κ1) is 13.5. The summed E-state index contributed by atoms with van der Waals surface area (Å²) in [6, 6.07) is 1.54. The molecule has 2 rings (SSSR count). The molecule has 0 aliphatic rings. The van der Waals surface area contributed by atoms with Crippen molar-refractivity contribution in [2.24, 2.45) is 7.05 Å². The minimum absolute atomic E-state index is 0.141. The predicted molar refractivity (Wildman–Crippen MR) is 77.9 cm³/mol. The van der Waals surface area contributed by atoms with E-state index < -0.39 is 0 Å². The zero-order valence-electron chi connectivity index (χ0n) is 10.0. The molecule has 0 amide bonds. The Hall–Kier alpha value is -0.890. The molecule has 0 unspecified atom stereocenters. The summed E-state index contributed by atoms with van der Waals surface area (Å²) in [5.74, 6) is 0. The molecule has 0 aliphatic heterocycles. The fourth-order valence-corrected chi connectivity index (χ4v) is 2.41. The van der Waals surface area contributed by atoms with E-state index in [2.05, 4.69) is 32.8 Å². The van der Waals surface area contributed by atoms with Crippen molar-refractivity contribution in [1.82, 2.24) is 19.6 Å². The largest absolute Gasteiger partial charge is 0.269 e. The Balaban J connectivity index is 2.40. The summed E-state index contributed by atoms with van der Waals surface area (Å²) in [5, 5.41) is 9.02. The van der Waals surface area contributed by atoms with Crippen molar-refractivity contribution in [3.8, 4) is 0 Å². The quantitative estimate of drug-likeness (QED) is 0.766. The molecule has 5 nitrogen and oxygen atoms in total. The lowest BCUT2D eigenvalue weighted by molar-refractivity contribution is 0.589. The first-order valence-electron chi connectivity index (χ1n) is 5.45. The van der Waals surface area contributed by atoms with Crippen LogP contribution in [0.15, 0.2) is 17.1 Å². The van der Waals surface area contributed by atoms with Crippen LogP contribution in [-0.4, -0.2) is 19.6 Å². The number of nitrogens with zero attached hydrogens (tertiary/aromatic N) is 4. The van der Waals surface area contributed by atoms with Gasteiger partial charge in [-0.2, -0.15) is 10.2 Å². The van der Waals surface area contributed by atoms with Crippen LogP contribution >= 0.6 is 34.2 Å². The monoisotopic (exact) mass is 378 g/mol. The minimum atomic E-state index is -0.141. The average Bonchev–Trinajstić information content (AvgIpc) is 2.59. The SMILES string of the molecule is CCc1nn(C)c(Cn2ncc(I)cc2=O)c1Cl. The summed E-state index contributed by atoms with van der Waals surface area (Å²) in [4.78, 5) is 11.8. The smallest absolute Gasteiger partial charge is 0.268 e. The second kappa shape index (κ2) is 5.40. The van der Waals surface area contributed by atoms with Gasteiger partial charge in [0, 0.05) is 16.7 Å². The van der Waals surface area contributed by atoms with E-state index in [1.165, 1.54) is 4.68 Å². The summed E-state index contributed by atoms with van der Waals surface area (Å²) in [6.45, 7) is 2.32. The molecule has 0 saturated heterocycles. The third-order valence-electron chi connectivity index (χ3n) is 2.64. The Kier molecular flexibility index (Phi) is 4.06. The molecule has 0 radical (unpaired) electrons. The van der Waals surface area contributed by atoms with Crippen molar-refractivity contribution in [3.63, 3.8) is 0 Å². The van der Waals surface area contributed by atoms with Crippen LogP contribution in [0.5, 0.6) is 0 Å². The van der Waals surface area contributed by atoms with E-state index in [-0.39, 0.29) is 5.56 Å². The summed E-state index contributed by atoms with van der Waals surface area (Å²) in [5.41, 5.74) is 1.49. The highest BCUT2D eigenvalue weighted by Crippen LogP contribution is 2.21. The molecule has 2 aromatic rings. The zero-order valence-corrected chi connectivity index (χ0v) is 12.9. The van der Waals surface area contributed by atoms with E-state index in [9.17, 15) is 4.79 Å². The van der Waals surface area contributed by atoms with Gasteiger partial charge in [0.2, 0.25) is 0 Å². The zero-order chi connectivity index (χ0) is 13.3. The molecule has 2 heterocycles. The van der Waals surface area contributed by atoms with Gasteiger partial charge in [0.25, 0.3) is 5.56 Å². The number of hydrogen-bond acceptors (Lipinski definition) is 3. The molecule has 0 saturated carbocycles. The molecule has 0 fully saturated rings. The van der Waals surface area contributed by atoms with Gasteiger partial charge in [0.1, 0.15) is 0 Å². The van der Waals surface area contributed by atoms with Crippen LogP contribution in [0.4, 0.5) is 0 Å². The molecule has 7 heteroatoms. The second-order valence-electron chi connectivity index (χ2n) is 3.85. The van der Waals surface area contributed by atoms with Gasteiger partial charge in [-0.05, 0) is 29.0 Å². The van der Waals surface area contributed by atoms with E-state index in [4.69, 9.17) is 11.6 Å². The van der Waals surface area contributed by atoms with Crippen LogP contribution in [0.2, 0.25) is 5.02 Å². The van der Waals surface area contributed by atoms with Crippen LogP contribution in [0, 0.1) is 3.57 Å². The van der Waals surface area contributed by atoms with Crippen molar-refractivity contribution in [1.29, 1.82) is 0 Å². The molecule has 0 aliphatic carbocycles. The Morgan fingerprint density at radius 2 is 2.22 bits per heavy atom. The first-order valence-corrected chi connectivity index (χ1v) is 6.91. The van der Waals surface area contributed by atoms with E-state index >= 15 is 0 Å². The van der Waals surface area contributed by atoms with Gasteiger partial charge < -0.3 is 0 Å². The summed E-state index contributed by atoms with van der Waals surface area (Å²) < 4.78 is 3.90. The molecule has 0 aromatic carbocycles. The van der Waals surface area contributed by atoms with Crippen LogP contribution in [0.25, 0.3) is 0 Å². The third kappa shape index (κ3) is 2.59. The maximum atomic E-state index is 11.8. The summed E-state index contributed by atoms with van der Waals surface area (Å²) in [6.07, 6.45) is 2.41. The summed E-state index contributed by atoms with van der Waals surface area (Å²) >= 11 is 8.29. The standard InChI is InChI=1S/C11H12ClIN4O/c1-3-8-11(12)9(16(2)15-8)6-17-10(18)4-7(13)5-14-17/h4-5H,3,6H2,1-2H3. The first-order chi connectivity index (χ1) is 8.52. The van der Waals surface area contributed by atoms with Gasteiger partial charge in [-0.3, -0.25) is 9.48 Å². The molecule has 0 spiro atoms. The van der Waals surface area contributed by atoms with Crippen molar-refractivity contribution < 1.29 is 0 Å². The molecule has 0 bridgehead atoms. The third-order valence-corrected chi connectivity index (χ3v) is 3.66. The molecule has 96 valence electrons. The normalized spacial score (nSPS) is 10.9. The number of aryl methyl sites for hydroxylation is 2. The Morgan fingerprint density at radius 3 is 2.78 bits per heavy atom. The molecular formula is C11H12ClIN4O. The topological polar surface area (TPSA) is 52.7 Å². The molecule has 0 atom stereocenters. The van der Waals surface area contributed by atoms with Gasteiger partial charge in [-0.15, -0.1) is 0 Å². The van der Waals surface area contributed by atoms with Gasteiger partial charge in [0.15, 0.2) is 0 Å². The number of rotatable bonds is 3. The fourth-order valence-electron chi connectivity index (χ4n) is 1.66. The Bertz CT molecular complexity index is 634. The van der Waals surface area contributed by atoms with Crippen LogP contribution < -0.4 is 5.56 Å². The van der Waals surface area contributed by atoms with Crippen LogP contribution in [0.3, 0.4) is 0 Å². The lowest BCUT2D eigenvalue weighted by Gasteiger charge is -2.05. The Labute approximate surface area is 123 Å². The summed E-state index contributed by atoms with van der Waals surface area (Å²) in [7, 11) is 1.82. The maximum absolute atomic E-state index is 11.8. The van der Waals surface area contributed by atoms with Crippen molar-refractivity contribution in [2.75, 3.05) is 0 Å². The predicted octanol–water partition coefficient (Wildman–Crippen LogP) is 1.85. The molecular weight excluding hydrogens is 367 g/mol. The molecule has 18 heavy (non-hydrogen) atoms. The second-order valence-corrected chi connectivity index (χ2v) is 5.48. The lowest BCUT2D eigenvalue weighted by Crippen LogP contribution is -2.24. The van der Waals surface area contributed by atoms with Crippen molar-refractivity contribution >= 4 is 34.2 Å². The van der Waals surface area contributed by atoms with Gasteiger partial charge in [-0.1, -0.05) is 18.5 Å². The van der Waals surface area contributed by atoms with E-state index in [1.54, 1.807) is 16.9 Å². The Morgan fingerprint density at radius 1 is 1.50 bits per heavy atom. The van der Waals surface area contributed by atoms with E-state index in [0.717, 1.165) is 21.4 Å². The van der Waals surface area contributed by atoms with Crippen molar-refractivity contribution in [3.05, 3.63) is 42.6 Å². The van der Waals surface area contributed by atoms with Gasteiger partial charge in [0.05, 0.1) is 29.2 Å². The minimum Gasteiger partial charge on any atom is -0.269 e. The highest BCUT2D eigenvalue weighted by Gasteiger charge is 2.14. The van der Waals surface area contributed by atoms with Gasteiger partial charge in [-0.25, -0.2) is 4.68 Å². The van der Waals surface area contributed by atoms with E-state index in [0.29, 0.717) is 11.6 Å². The number of hydrogen-bond donors (Lipinski definition) is 0. The molecule has 0 N–H and O–H groups in total. The number of aromatic nitrogens is 4. The maximum Gasteiger partial charge on any atom is 0.268 e. The highest BCUT2D eigenvalue weighted by molar-refractivity contribution is 14.1. The average molecular weight is 379 g/mol. The van der Waals surface area contributed by atoms with E-state index in [1.807, 2.05) is 14.0 Å². The van der Waals surface area contributed by atoms with Gasteiger partial charge >= 0.3 is 0 Å².